The smallest absolute Gasteiger partial charge is 0.223 e. The fourth-order valence-corrected chi connectivity index (χ4v) is 1.76. The van der Waals surface area contributed by atoms with Crippen LogP contribution in [0.15, 0.2) is 22.6 Å². The summed E-state index contributed by atoms with van der Waals surface area (Å²) in [6.07, 6.45) is 1.61. The Morgan fingerprint density at radius 3 is 2.73 bits per heavy atom. The summed E-state index contributed by atoms with van der Waals surface area (Å²) in [6.45, 7) is 0. The van der Waals surface area contributed by atoms with E-state index in [9.17, 15) is 0 Å². The molecule has 0 aliphatic heterocycles. The average molecular weight is 223 g/mol. The molecule has 7 nitrogen and oxygen atoms in total. The summed E-state index contributed by atoms with van der Waals surface area (Å²) in [5.74, 6) is 0.492. The van der Waals surface area contributed by atoms with E-state index in [1.165, 1.54) is 11.8 Å². The zero-order valence-electron chi connectivity index (χ0n) is 7.95. The van der Waals surface area contributed by atoms with E-state index in [-0.39, 0.29) is 5.95 Å². The van der Waals surface area contributed by atoms with Gasteiger partial charge in [-0.2, -0.15) is 4.98 Å². The van der Waals surface area contributed by atoms with E-state index < -0.39 is 0 Å². The van der Waals surface area contributed by atoms with E-state index in [1.807, 2.05) is 7.05 Å². The molecule has 2 aromatic heterocycles. The maximum Gasteiger partial charge on any atom is 0.223 e. The SMILES string of the molecule is Cn1cnnc1Sc1cc(N)nc(N)n1. The van der Waals surface area contributed by atoms with Crippen LogP contribution in [0.25, 0.3) is 0 Å². The van der Waals surface area contributed by atoms with Crippen molar-refractivity contribution in [1.82, 2.24) is 24.7 Å². The predicted molar refractivity (Wildman–Crippen MR) is 56.0 cm³/mol. The van der Waals surface area contributed by atoms with E-state index in [2.05, 4.69) is 20.2 Å². The molecule has 0 aromatic carbocycles. The van der Waals surface area contributed by atoms with Crippen LogP contribution >= 0.6 is 11.8 Å². The molecule has 0 fully saturated rings. The Morgan fingerprint density at radius 1 is 1.33 bits per heavy atom. The van der Waals surface area contributed by atoms with Crippen LogP contribution in [0.4, 0.5) is 11.8 Å². The Hall–Kier alpha value is -1.83. The van der Waals surface area contributed by atoms with Crippen molar-refractivity contribution < 1.29 is 0 Å². The molecule has 2 rings (SSSR count). The van der Waals surface area contributed by atoms with Gasteiger partial charge in [-0.25, -0.2) is 4.98 Å². The number of hydrogen-bond donors (Lipinski definition) is 2. The Morgan fingerprint density at radius 2 is 2.13 bits per heavy atom. The molecule has 2 heterocycles. The maximum atomic E-state index is 5.54. The van der Waals surface area contributed by atoms with E-state index >= 15 is 0 Å². The van der Waals surface area contributed by atoms with Gasteiger partial charge in [0.25, 0.3) is 0 Å². The third-order valence-electron chi connectivity index (χ3n) is 1.61. The number of nitrogens with two attached hydrogens (primary N) is 2. The second kappa shape index (κ2) is 3.73. The first-order chi connectivity index (χ1) is 7.15. The second-order valence-electron chi connectivity index (χ2n) is 2.82. The second-order valence-corrected chi connectivity index (χ2v) is 3.80. The number of nitrogens with zero attached hydrogens (tertiary/aromatic N) is 5. The number of hydrogen-bond acceptors (Lipinski definition) is 7. The lowest BCUT2D eigenvalue weighted by Crippen LogP contribution is -2.00. The molecule has 0 radical (unpaired) electrons. The van der Waals surface area contributed by atoms with Crippen LogP contribution in [-0.4, -0.2) is 24.7 Å². The van der Waals surface area contributed by atoms with Gasteiger partial charge in [0.15, 0.2) is 5.16 Å². The zero-order chi connectivity index (χ0) is 10.8. The molecule has 15 heavy (non-hydrogen) atoms. The fraction of sp³-hybridized carbons (Fsp3) is 0.143. The molecule has 0 spiro atoms. The molecule has 0 aliphatic carbocycles. The zero-order valence-corrected chi connectivity index (χ0v) is 8.77. The van der Waals surface area contributed by atoms with Crippen molar-refractivity contribution in [3.05, 3.63) is 12.4 Å². The summed E-state index contributed by atoms with van der Waals surface area (Å²) < 4.78 is 1.78. The number of nitrogen functional groups attached to an aromatic ring is 2. The Kier molecular flexibility index (Phi) is 2.42. The molecular formula is C7H9N7S. The van der Waals surface area contributed by atoms with Gasteiger partial charge in [0.05, 0.1) is 0 Å². The summed E-state index contributed by atoms with van der Waals surface area (Å²) in [4.78, 5) is 7.79. The van der Waals surface area contributed by atoms with Crippen LogP contribution < -0.4 is 11.5 Å². The van der Waals surface area contributed by atoms with E-state index in [0.717, 1.165) is 0 Å². The third-order valence-corrected chi connectivity index (χ3v) is 2.58. The average Bonchev–Trinajstić information content (AvgIpc) is 2.50. The van der Waals surface area contributed by atoms with E-state index in [4.69, 9.17) is 11.5 Å². The summed E-state index contributed by atoms with van der Waals surface area (Å²) in [5, 5.41) is 9.02. The minimum absolute atomic E-state index is 0.152. The lowest BCUT2D eigenvalue weighted by atomic mass is 10.6. The molecule has 0 aliphatic rings. The first kappa shape index (κ1) is 9.71. The molecule has 0 amide bonds. The van der Waals surface area contributed by atoms with Gasteiger partial charge in [-0.3, -0.25) is 0 Å². The highest BCUT2D eigenvalue weighted by molar-refractivity contribution is 7.99. The number of aromatic nitrogens is 5. The van der Waals surface area contributed by atoms with Crippen LogP contribution in [0.5, 0.6) is 0 Å². The molecule has 78 valence electrons. The fourth-order valence-electron chi connectivity index (χ4n) is 0.972. The van der Waals surface area contributed by atoms with Crippen molar-refractivity contribution in [2.45, 2.75) is 10.2 Å². The molecule has 8 heteroatoms. The van der Waals surface area contributed by atoms with E-state index in [0.29, 0.717) is 16.0 Å². The highest BCUT2D eigenvalue weighted by Crippen LogP contribution is 2.24. The standard InChI is InChI=1S/C7H9N7S/c1-14-3-10-13-7(14)15-5-2-4(8)11-6(9)12-5/h2-3H,1H3,(H4,8,9,11,12). The molecule has 0 saturated carbocycles. The highest BCUT2D eigenvalue weighted by atomic mass is 32.2. The van der Waals surface area contributed by atoms with Gasteiger partial charge in [0.1, 0.15) is 17.2 Å². The van der Waals surface area contributed by atoms with Gasteiger partial charge in [-0.15, -0.1) is 10.2 Å². The normalized spacial score (nSPS) is 10.5. The van der Waals surface area contributed by atoms with Crippen molar-refractivity contribution in [2.75, 3.05) is 11.5 Å². The molecule has 0 atom stereocenters. The van der Waals surface area contributed by atoms with Gasteiger partial charge in [-0.05, 0) is 11.8 Å². The van der Waals surface area contributed by atoms with Crippen molar-refractivity contribution in [2.24, 2.45) is 7.05 Å². The molecular weight excluding hydrogens is 214 g/mol. The first-order valence-electron chi connectivity index (χ1n) is 4.07. The number of anilines is 2. The summed E-state index contributed by atoms with van der Waals surface area (Å²) in [6, 6.07) is 1.63. The van der Waals surface area contributed by atoms with Crippen LogP contribution in [0, 0.1) is 0 Å². The van der Waals surface area contributed by atoms with Crippen LogP contribution in [-0.2, 0) is 7.05 Å². The lowest BCUT2D eigenvalue weighted by Gasteiger charge is -2.01. The van der Waals surface area contributed by atoms with Crippen molar-refractivity contribution in [1.29, 1.82) is 0 Å². The van der Waals surface area contributed by atoms with Gasteiger partial charge < -0.3 is 16.0 Å². The summed E-state index contributed by atoms with van der Waals surface area (Å²) >= 11 is 1.33. The lowest BCUT2D eigenvalue weighted by molar-refractivity contribution is 0.787. The van der Waals surface area contributed by atoms with Crippen molar-refractivity contribution in [3.8, 4) is 0 Å². The molecule has 2 aromatic rings. The van der Waals surface area contributed by atoms with Gasteiger partial charge >= 0.3 is 0 Å². The Labute approximate surface area is 89.9 Å². The minimum atomic E-state index is 0.152. The largest absolute Gasteiger partial charge is 0.383 e. The molecule has 0 bridgehead atoms. The summed E-state index contributed by atoms with van der Waals surface area (Å²) in [7, 11) is 1.84. The van der Waals surface area contributed by atoms with Gasteiger partial charge in [0, 0.05) is 13.1 Å². The Balaban J connectivity index is 2.28. The number of aryl methyl sites for hydroxylation is 1. The first-order valence-corrected chi connectivity index (χ1v) is 4.88. The summed E-state index contributed by atoms with van der Waals surface area (Å²) in [5.41, 5.74) is 11.0. The monoisotopic (exact) mass is 223 g/mol. The van der Waals surface area contributed by atoms with E-state index in [1.54, 1.807) is 17.0 Å². The number of rotatable bonds is 2. The molecule has 0 unspecified atom stereocenters. The third kappa shape index (κ3) is 2.15. The van der Waals surface area contributed by atoms with Crippen molar-refractivity contribution in [3.63, 3.8) is 0 Å². The van der Waals surface area contributed by atoms with Crippen LogP contribution in [0.1, 0.15) is 0 Å². The quantitative estimate of drug-likeness (QED) is 0.685. The maximum absolute atomic E-state index is 5.54. The van der Waals surface area contributed by atoms with Gasteiger partial charge in [-0.1, -0.05) is 0 Å². The molecule has 0 saturated heterocycles. The topological polar surface area (TPSA) is 109 Å². The predicted octanol–water partition coefficient (Wildman–Crippen LogP) is -0.0793. The Bertz CT molecular complexity index is 460. The van der Waals surface area contributed by atoms with Crippen LogP contribution in [0.3, 0.4) is 0 Å². The highest BCUT2D eigenvalue weighted by Gasteiger charge is 2.06. The molecule has 4 N–H and O–H groups in total. The minimum Gasteiger partial charge on any atom is -0.383 e. The van der Waals surface area contributed by atoms with Crippen LogP contribution in [0.2, 0.25) is 0 Å². The van der Waals surface area contributed by atoms with Gasteiger partial charge in [0.2, 0.25) is 5.95 Å². The van der Waals surface area contributed by atoms with Crippen molar-refractivity contribution >= 4 is 23.5 Å².